The first-order valence-electron chi connectivity index (χ1n) is 6.45. The first kappa shape index (κ1) is 13.7. The van der Waals surface area contributed by atoms with Crippen molar-refractivity contribution in [2.24, 2.45) is 0 Å². The van der Waals surface area contributed by atoms with Crippen molar-refractivity contribution in [3.8, 4) is 0 Å². The molecule has 0 aliphatic heterocycles. The van der Waals surface area contributed by atoms with E-state index < -0.39 is 0 Å². The molecule has 2 aromatic rings. The van der Waals surface area contributed by atoms with Gasteiger partial charge in [-0.3, -0.25) is 4.79 Å². The molecular formula is C13H18N4OS. The zero-order valence-corrected chi connectivity index (χ0v) is 12.2. The van der Waals surface area contributed by atoms with Crippen LogP contribution in [0.5, 0.6) is 0 Å². The summed E-state index contributed by atoms with van der Waals surface area (Å²) in [4.78, 5) is 22.5. The first-order valence-corrected chi connectivity index (χ1v) is 7.27. The predicted octanol–water partition coefficient (Wildman–Crippen LogP) is 2.44. The molecule has 0 radical (unpaired) electrons. The summed E-state index contributed by atoms with van der Waals surface area (Å²) in [7, 11) is 1.80. The fourth-order valence-corrected chi connectivity index (χ4v) is 2.86. The lowest BCUT2D eigenvalue weighted by Gasteiger charge is -2.04. The number of carbonyl (C=O) groups is 1. The number of aromatic nitrogens is 2. The average Bonchev–Trinajstić information content (AvgIpc) is 2.81. The van der Waals surface area contributed by atoms with E-state index in [1.165, 1.54) is 11.3 Å². The smallest absolute Gasteiger partial charge is 0.263 e. The van der Waals surface area contributed by atoms with Crippen molar-refractivity contribution in [3.63, 3.8) is 0 Å². The van der Waals surface area contributed by atoms with E-state index in [4.69, 9.17) is 0 Å². The van der Waals surface area contributed by atoms with Crippen LogP contribution in [-0.4, -0.2) is 29.5 Å². The van der Waals surface area contributed by atoms with Gasteiger partial charge in [-0.05, 0) is 12.8 Å². The molecule has 2 rings (SSSR count). The molecule has 5 nitrogen and oxygen atoms in total. The van der Waals surface area contributed by atoms with Crippen molar-refractivity contribution in [3.05, 3.63) is 16.8 Å². The maximum Gasteiger partial charge on any atom is 0.263 e. The summed E-state index contributed by atoms with van der Waals surface area (Å²) < 4.78 is 0. The second-order valence-electron chi connectivity index (χ2n) is 4.18. The second kappa shape index (κ2) is 5.97. The van der Waals surface area contributed by atoms with Gasteiger partial charge in [0.25, 0.3) is 5.91 Å². The zero-order valence-electron chi connectivity index (χ0n) is 11.4. The molecule has 0 unspecified atom stereocenters. The van der Waals surface area contributed by atoms with E-state index in [-0.39, 0.29) is 5.91 Å². The molecule has 0 bridgehead atoms. The molecule has 0 saturated heterocycles. The van der Waals surface area contributed by atoms with Gasteiger partial charge in [0.15, 0.2) is 0 Å². The van der Waals surface area contributed by atoms with Crippen LogP contribution in [-0.2, 0) is 6.42 Å². The Morgan fingerprint density at radius 2 is 2.21 bits per heavy atom. The molecule has 0 aliphatic carbocycles. The molecule has 2 heterocycles. The lowest BCUT2D eigenvalue weighted by molar-refractivity contribution is 0.0958. The number of hydrogen-bond donors (Lipinski definition) is 2. The van der Waals surface area contributed by atoms with Crippen LogP contribution in [0.25, 0.3) is 10.3 Å². The van der Waals surface area contributed by atoms with Gasteiger partial charge in [-0.2, -0.15) is 0 Å². The van der Waals surface area contributed by atoms with Crippen molar-refractivity contribution in [2.45, 2.75) is 26.7 Å². The van der Waals surface area contributed by atoms with Gasteiger partial charge in [-0.25, -0.2) is 9.97 Å². The van der Waals surface area contributed by atoms with Crippen LogP contribution in [0.1, 0.15) is 35.6 Å². The summed E-state index contributed by atoms with van der Waals surface area (Å²) in [6.07, 6.45) is 3.53. The summed E-state index contributed by atoms with van der Waals surface area (Å²) in [5.74, 6) is -0.0611. The Morgan fingerprint density at radius 1 is 1.42 bits per heavy atom. The van der Waals surface area contributed by atoms with E-state index in [0.717, 1.165) is 34.6 Å². The maximum atomic E-state index is 12.1. The molecule has 0 saturated carbocycles. The Bertz CT molecular complexity index is 594. The number of thiophene rings is 1. The van der Waals surface area contributed by atoms with Crippen LogP contribution >= 0.6 is 11.3 Å². The number of aryl methyl sites for hydroxylation is 1. The number of hydrogen-bond acceptors (Lipinski definition) is 5. The van der Waals surface area contributed by atoms with Gasteiger partial charge in [0.1, 0.15) is 15.2 Å². The number of nitrogens with zero attached hydrogens (tertiary/aromatic N) is 2. The Kier molecular flexibility index (Phi) is 4.31. The third-order valence-electron chi connectivity index (χ3n) is 2.81. The van der Waals surface area contributed by atoms with Gasteiger partial charge in [-0.15, -0.1) is 11.3 Å². The summed E-state index contributed by atoms with van der Waals surface area (Å²) in [6.45, 7) is 4.75. The summed E-state index contributed by atoms with van der Waals surface area (Å²) in [5, 5.41) is 5.95. The van der Waals surface area contributed by atoms with Crippen molar-refractivity contribution in [1.82, 2.24) is 15.3 Å². The highest BCUT2D eigenvalue weighted by Crippen LogP contribution is 2.33. The van der Waals surface area contributed by atoms with Crippen LogP contribution in [0.4, 0.5) is 5.69 Å². The minimum Gasteiger partial charge on any atom is -0.385 e. The van der Waals surface area contributed by atoms with Crippen LogP contribution in [0, 0.1) is 0 Å². The molecular weight excluding hydrogens is 260 g/mol. The quantitative estimate of drug-likeness (QED) is 0.881. The van der Waals surface area contributed by atoms with E-state index in [1.54, 1.807) is 13.2 Å². The van der Waals surface area contributed by atoms with Crippen molar-refractivity contribution >= 4 is 33.3 Å². The van der Waals surface area contributed by atoms with Crippen molar-refractivity contribution in [2.75, 3.05) is 18.9 Å². The number of nitrogens with one attached hydrogen (secondary N) is 2. The number of carbonyl (C=O) groups excluding carboxylic acids is 1. The normalized spacial score (nSPS) is 10.7. The Labute approximate surface area is 116 Å². The molecule has 2 N–H and O–H groups in total. The molecule has 1 amide bonds. The van der Waals surface area contributed by atoms with E-state index in [9.17, 15) is 4.79 Å². The summed E-state index contributed by atoms with van der Waals surface area (Å²) in [6, 6.07) is 0. The second-order valence-corrected chi connectivity index (χ2v) is 5.18. The van der Waals surface area contributed by atoms with Gasteiger partial charge in [0.05, 0.1) is 11.4 Å². The van der Waals surface area contributed by atoms with E-state index in [1.807, 2.05) is 13.8 Å². The standard InChI is InChI=1S/C13H18N4OS/c1-4-6-15-12(18)11-9(14-3)10-13(19-11)17-8(5-2)7-16-10/h7,14H,4-6H2,1-3H3,(H,15,18). The van der Waals surface area contributed by atoms with Gasteiger partial charge < -0.3 is 10.6 Å². The highest BCUT2D eigenvalue weighted by Gasteiger charge is 2.19. The first-order chi connectivity index (χ1) is 9.21. The minimum absolute atomic E-state index is 0.0611. The highest BCUT2D eigenvalue weighted by molar-refractivity contribution is 7.21. The van der Waals surface area contributed by atoms with Crippen LogP contribution in [0.3, 0.4) is 0 Å². The monoisotopic (exact) mass is 278 g/mol. The SMILES string of the molecule is CCCNC(=O)c1sc2nc(CC)cnc2c1NC. The number of fused-ring (bicyclic) bond motifs is 1. The van der Waals surface area contributed by atoms with E-state index in [2.05, 4.69) is 20.6 Å². The van der Waals surface area contributed by atoms with Crippen LogP contribution < -0.4 is 10.6 Å². The van der Waals surface area contributed by atoms with Gasteiger partial charge in [0, 0.05) is 19.8 Å². The van der Waals surface area contributed by atoms with Crippen LogP contribution in [0.2, 0.25) is 0 Å². The minimum atomic E-state index is -0.0611. The van der Waals surface area contributed by atoms with E-state index in [0.29, 0.717) is 11.4 Å². The largest absolute Gasteiger partial charge is 0.385 e. The van der Waals surface area contributed by atoms with Crippen molar-refractivity contribution in [1.29, 1.82) is 0 Å². The Hall–Kier alpha value is -1.69. The Morgan fingerprint density at radius 3 is 2.84 bits per heavy atom. The number of amides is 1. The highest BCUT2D eigenvalue weighted by atomic mass is 32.1. The molecule has 0 atom stereocenters. The molecule has 102 valence electrons. The topological polar surface area (TPSA) is 66.9 Å². The summed E-state index contributed by atoms with van der Waals surface area (Å²) >= 11 is 1.39. The molecule has 19 heavy (non-hydrogen) atoms. The fourth-order valence-electron chi connectivity index (χ4n) is 1.79. The molecule has 6 heteroatoms. The molecule has 0 spiro atoms. The number of anilines is 1. The van der Waals surface area contributed by atoms with Crippen molar-refractivity contribution < 1.29 is 4.79 Å². The lowest BCUT2D eigenvalue weighted by Crippen LogP contribution is -2.23. The number of rotatable bonds is 5. The summed E-state index contributed by atoms with van der Waals surface area (Å²) in [5.41, 5.74) is 2.48. The molecule has 0 aliphatic rings. The predicted molar refractivity (Wildman–Crippen MR) is 79.0 cm³/mol. The fraction of sp³-hybridized carbons (Fsp3) is 0.462. The zero-order chi connectivity index (χ0) is 13.8. The molecule has 0 fully saturated rings. The maximum absolute atomic E-state index is 12.1. The average molecular weight is 278 g/mol. The van der Waals surface area contributed by atoms with E-state index >= 15 is 0 Å². The third-order valence-corrected chi connectivity index (χ3v) is 3.88. The lowest BCUT2D eigenvalue weighted by atomic mass is 10.3. The van der Waals surface area contributed by atoms with Gasteiger partial charge >= 0.3 is 0 Å². The third kappa shape index (κ3) is 2.68. The van der Waals surface area contributed by atoms with Crippen LogP contribution in [0.15, 0.2) is 6.20 Å². The molecule has 0 aromatic carbocycles. The van der Waals surface area contributed by atoms with Gasteiger partial charge in [0.2, 0.25) is 0 Å². The molecule has 2 aromatic heterocycles. The Balaban J connectivity index is 2.45. The van der Waals surface area contributed by atoms with Gasteiger partial charge in [-0.1, -0.05) is 13.8 Å².